The summed E-state index contributed by atoms with van der Waals surface area (Å²) in [5.74, 6) is 0.942. The SMILES string of the molecule is CC1CCC(C2CC=NCC2)S1. The van der Waals surface area contributed by atoms with Crippen LogP contribution in [-0.2, 0) is 0 Å². The van der Waals surface area contributed by atoms with Crippen molar-refractivity contribution in [2.75, 3.05) is 6.54 Å². The van der Waals surface area contributed by atoms with E-state index >= 15 is 0 Å². The highest BCUT2D eigenvalue weighted by molar-refractivity contribution is 8.00. The normalized spacial score (nSPS) is 41.9. The average molecular weight is 183 g/mol. The second-order valence-corrected chi connectivity index (χ2v) is 5.62. The lowest BCUT2D eigenvalue weighted by Crippen LogP contribution is -2.19. The van der Waals surface area contributed by atoms with Crippen LogP contribution in [0, 0.1) is 5.92 Å². The second kappa shape index (κ2) is 3.82. The van der Waals surface area contributed by atoms with Crippen molar-refractivity contribution < 1.29 is 0 Å². The van der Waals surface area contributed by atoms with E-state index in [9.17, 15) is 0 Å². The average Bonchev–Trinajstić information content (AvgIpc) is 2.54. The molecule has 1 nitrogen and oxygen atoms in total. The standard InChI is InChI=1S/C10H17NS/c1-8-2-3-10(12-8)9-4-6-11-7-5-9/h6,8-10H,2-5,7H2,1H3. The van der Waals surface area contributed by atoms with Gasteiger partial charge in [0.15, 0.2) is 0 Å². The van der Waals surface area contributed by atoms with Crippen LogP contribution in [0.2, 0.25) is 0 Å². The molecule has 3 unspecified atom stereocenters. The number of hydrogen-bond donors (Lipinski definition) is 0. The Morgan fingerprint density at radius 3 is 2.83 bits per heavy atom. The molecule has 2 heteroatoms. The minimum atomic E-state index is 0.911. The van der Waals surface area contributed by atoms with Crippen LogP contribution in [0.5, 0.6) is 0 Å². The Balaban J connectivity index is 1.88. The number of aliphatic imine (C=N–C) groups is 1. The van der Waals surface area contributed by atoms with E-state index in [1.165, 1.54) is 25.7 Å². The highest BCUT2D eigenvalue weighted by atomic mass is 32.2. The van der Waals surface area contributed by atoms with Gasteiger partial charge in [0, 0.05) is 17.0 Å². The lowest BCUT2D eigenvalue weighted by atomic mass is 9.93. The first kappa shape index (κ1) is 8.61. The largest absolute Gasteiger partial charge is 0.298 e. The summed E-state index contributed by atoms with van der Waals surface area (Å²) in [5, 5.41) is 1.86. The third kappa shape index (κ3) is 1.85. The van der Waals surface area contributed by atoms with Gasteiger partial charge in [-0.1, -0.05) is 6.92 Å². The monoisotopic (exact) mass is 183 g/mol. The summed E-state index contributed by atoms with van der Waals surface area (Å²) in [7, 11) is 0. The van der Waals surface area contributed by atoms with Crippen LogP contribution in [0.4, 0.5) is 0 Å². The summed E-state index contributed by atoms with van der Waals surface area (Å²) < 4.78 is 0. The Morgan fingerprint density at radius 2 is 2.25 bits per heavy atom. The van der Waals surface area contributed by atoms with Gasteiger partial charge < -0.3 is 0 Å². The maximum atomic E-state index is 4.28. The van der Waals surface area contributed by atoms with Gasteiger partial charge in [-0.25, -0.2) is 0 Å². The smallest absolute Gasteiger partial charge is 0.0388 e. The first-order valence-electron chi connectivity index (χ1n) is 5.00. The molecule has 12 heavy (non-hydrogen) atoms. The topological polar surface area (TPSA) is 12.4 Å². The zero-order valence-corrected chi connectivity index (χ0v) is 8.52. The predicted octanol–water partition coefficient (Wildman–Crippen LogP) is 2.75. The molecule has 0 aliphatic carbocycles. The molecular weight excluding hydrogens is 166 g/mol. The van der Waals surface area contributed by atoms with Crippen LogP contribution < -0.4 is 0 Å². The fourth-order valence-electron chi connectivity index (χ4n) is 2.18. The van der Waals surface area contributed by atoms with Crippen LogP contribution in [0.3, 0.4) is 0 Å². The van der Waals surface area contributed by atoms with Gasteiger partial charge in [-0.3, -0.25) is 4.99 Å². The molecule has 1 fully saturated rings. The molecule has 2 rings (SSSR count). The van der Waals surface area contributed by atoms with Crippen molar-refractivity contribution in [1.82, 2.24) is 0 Å². The molecule has 0 aromatic rings. The summed E-state index contributed by atoms with van der Waals surface area (Å²) in [6.45, 7) is 3.44. The predicted molar refractivity (Wildman–Crippen MR) is 56.2 cm³/mol. The van der Waals surface area contributed by atoms with Crippen molar-refractivity contribution in [2.24, 2.45) is 10.9 Å². The minimum absolute atomic E-state index is 0.911. The lowest BCUT2D eigenvalue weighted by molar-refractivity contribution is 0.467. The van der Waals surface area contributed by atoms with Crippen LogP contribution in [-0.4, -0.2) is 23.3 Å². The van der Waals surface area contributed by atoms with E-state index in [-0.39, 0.29) is 0 Å². The Bertz CT molecular complexity index is 179. The van der Waals surface area contributed by atoms with Gasteiger partial charge in [0.2, 0.25) is 0 Å². The Hall–Kier alpha value is 0.0200. The van der Waals surface area contributed by atoms with Crippen molar-refractivity contribution in [3.05, 3.63) is 0 Å². The van der Waals surface area contributed by atoms with Crippen molar-refractivity contribution in [3.8, 4) is 0 Å². The van der Waals surface area contributed by atoms with Crippen LogP contribution in [0.15, 0.2) is 4.99 Å². The second-order valence-electron chi connectivity index (χ2n) is 3.94. The molecular formula is C10H17NS. The Labute approximate surface area is 79.0 Å². The third-order valence-corrected chi connectivity index (χ3v) is 4.63. The van der Waals surface area contributed by atoms with Gasteiger partial charge in [0.1, 0.15) is 0 Å². The molecule has 2 aliphatic rings. The van der Waals surface area contributed by atoms with Crippen LogP contribution >= 0.6 is 11.8 Å². The molecule has 0 bridgehead atoms. The molecule has 0 radical (unpaired) electrons. The zero-order chi connectivity index (χ0) is 8.39. The molecule has 0 aromatic heterocycles. The van der Waals surface area contributed by atoms with Crippen molar-refractivity contribution in [2.45, 2.75) is 43.1 Å². The molecule has 2 heterocycles. The fourth-order valence-corrected chi connectivity index (χ4v) is 3.79. The summed E-state index contributed by atoms with van der Waals surface area (Å²) in [4.78, 5) is 4.28. The molecule has 0 N–H and O–H groups in total. The lowest BCUT2D eigenvalue weighted by Gasteiger charge is -2.23. The molecule has 0 saturated carbocycles. The van der Waals surface area contributed by atoms with E-state index < -0.39 is 0 Å². The molecule has 1 saturated heterocycles. The third-order valence-electron chi connectivity index (χ3n) is 2.96. The van der Waals surface area contributed by atoms with Gasteiger partial charge >= 0.3 is 0 Å². The summed E-state index contributed by atoms with van der Waals surface area (Å²) in [5.41, 5.74) is 0. The summed E-state index contributed by atoms with van der Waals surface area (Å²) in [6, 6.07) is 0. The van der Waals surface area contributed by atoms with Gasteiger partial charge in [-0.05, 0) is 37.8 Å². The first-order chi connectivity index (χ1) is 5.86. The van der Waals surface area contributed by atoms with Crippen molar-refractivity contribution in [1.29, 1.82) is 0 Å². The van der Waals surface area contributed by atoms with E-state index in [0.29, 0.717) is 0 Å². The highest BCUT2D eigenvalue weighted by Crippen LogP contribution is 2.40. The van der Waals surface area contributed by atoms with Crippen molar-refractivity contribution >= 4 is 18.0 Å². The molecule has 0 spiro atoms. The molecule has 68 valence electrons. The van der Waals surface area contributed by atoms with Gasteiger partial charge in [-0.15, -0.1) is 0 Å². The van der Waals surface area contributed by atoms with Gasteiger partial charge in [-0.2, -0.15) is 11.8 Å². The maximum absolute atomic E-state index is 4.28. The summed E-state index contributed by atoms with van der Waals surface area (Å²) >= 11 is 2.21. The molecule has 0 amide bonds. The van der Waals surface area contributed by atoms with E-state index in [1.54, 1.807) is 0 Å². The molecule has 2 aliphatic heterocycles. The fraction of sp³-hybridized carbons (Fsp3) is 0.900. The highest BCUT2D eigenvalue weighted by Gasteiger charge is 2.29. The number of rotatable bonds is 1. The summed E-state index contributed by atoms with van der Waals surface area (Å²) in [6.07, 6.45) is 7.59. The van der Waals surface area contributed by atoms with Gasteiger partial charge in [0.05, 0.1) is 0 Å². The maximum Gasteiger partial charge on any atom is 0.0388 e. The van der Waals surface area contributed by atoms with Crippen LogP contribution in [0.25, 0.3) is 0 Å². The first-order valence-corrected chi connectivity index (χ1v) is 5.94. The van der Waals surface area contributed by atoms with Crippen molar-refractivity contribution in [3.63, 3.8) is 0 Å². The Morgan fingerprint density at radius 1 is 1.33 bits per heavy atom. The Kier molecular flexibility index (Phi) is 2.74. The van der Waals surface area contributed by atoms with Gasteiger partial charge in [0.25, 0.3) is 0 Å². The molecule has 3 atom stereocenters. The van der Waals surface area contributed by atoms with E-state index in [1.807, 2.05) is 0 Å². The minimum Gasteiger partial charge on any atom is -0.298 e. The van der Waals surface area contributed by atoms with Crippen LogP contribution in [0.1, 0.15) is 32.6 Å². The molecule has 0 aromatic carbocycles. The van der Waals surface area contributed by atoms with E-state index in [0.717, 1.165) is 23.0 Å². The zero-order valence-electron chi connectivity index (χ0n) is 7.70. The number of hydrogen-bond acceptors (Lipinski definition) is 2. The number of thioether (sulfide) groups is 1. The van der Waals surface area contributed by atoms with E-state index in [4.69, 9.17) is 0 Å². The van der Waals surface area contributed by atoms with E-state index in [2.05, 4.69) is 29.9 Å². The number of nitrogens with zero attached hydrogens (tertiary/aromatic N) is 1. The quantitative estimate of drug-likeness (QED) is 0.609.